The van der Waals surface area contributed by atoms with Gasteiger partial charge in [-0.2, -0.15) is 10.1 Å². The van der Waals surface area contributed by atoms with Gasteiger partial charge in [0.15, 0.2) is 0 Å². The van der Waals surface area contributed by atoms with Crippen molar-refractivity contribution in [2.75, 3.05) is 32.0 Å². The van der Waals surface area contributed by atoms with Gasteiger partial charge in [0.2, 0.25) is 5.95 Å². The number of carbonyl (C=O) groups is 1. The van der Waals surface area contributed by atoms with Gasteiger partial charge in [-0.3, -0.25) is 4.79 Å². The minimum Gasteiger partial charge on any atom is -0.497 e. The third-order valence-corrected chi connectivity index (χ3v) is 5.47. The van der Waals surface area contributed by atoms with Crippen molar-refractivity contribution in [3.63, 3.8) is 0 Å². The van der Waals surface area contributed by atoms with Crippen molar-refractivity contribution in [3.05, 3.63) is 64.6 Å². The standard InChI is InChI=1S/C22H22ClN5O4/c1-12-19(21(29)27-16-10-17(31-3)15(23)9-18(16)32-4)20(28-22(26-12)24-11-25-28)13-6-5-7-14(8-13)30-2/h5-11,20H,1-4H3,(H,27,29)(H,24,25,26). The van der Waals surface area contributed by atoms with Crippen molar-refractivity contribution >= 4 is 29.1 Å². The van der Waals surface area contributed by atoms with Crippen LogP contribution in [0, 0.1) is 0 Å². The Bertz CT molecular complexity index is 1210. The van der Waals surface area contributed by atoms with Crippen LogP contribution >= 0.6 is 11.6 Å². The second-order valence-electron chi connectivity index (χ2n) is 7.01. The first kappa shape index (κ1) is 21.5. The predicted molar refractivity (Wildman–Crippen MR) is 121 cm³/mol. The minimum atomic E-state index is -0.524. The molecule has 4 rings (SSSR count). The molecule has 0 spiro atoms. The van der Waals surface area contributed by atoms with E-state index in [2.05, 4.69) is 20.7 Å². The summed E-state index contributed by atoms with van der Waals surface area (Å²) in [5.41, 5.74) is 2.36. The van der Waals surface area contributed by atoms with Crippen molar-refractivity contribution in [2.24, 2.45) is 0 Å². The highest BCUT2D eigenvalue weighted by molar-refractivity contribution is 6.32. The zero-order valence-corrected chi connectivity index (χ0v) is 18.7. The molecule has 1 atom stereocenters. The van der Waals surface area contributed by atoms with Crippen LogP contribution in [-0.4, -0.2) is 42.0 Å². The summed E-state index contributed by atoms with van der Waals surface area (Å²) >= 11 is 6.20. The number of nitrogens with one attached hydrogen (secondary N) is 2. The number of methoxy groups -OCH3 is 3. The highest BCUT2D eigenvalue weighted by atomic mass is 35.5. The fourth-order valence-electron chi connectivity index (χ4n) is 3.65. The molecule has 0 radical (unpaired) electrons. The Labute approximate surface area is 190 Å². The average molecular weight is 456 g/mol. The molecule has 2 aromatic carbocycles. The molecule has 0 fully saturated rings. The number of anilines is 2. The van der Waals surface area contributed by atoms with Gasteiger partial charge in [-0.05, 0) is 24.6 Å². The molecule has 1 amide bonds. The van der Waals surface area contributed by atoms with Gasteiger partial charge in [0.05, 0.1) is 37.6 Å². The van der Waals surface area contributed by atoms with Crippen LogP contribution in [0.4, 0.5) is 11.6 Å². The van der Waals surface area contributed by atoms with E-state index in [9.17, 15) is 4.79 Å². The maximum atomic E-state index is 13.6. The number of hydrogen-bond donors (Lipinski definition) is 2. The molecule has 1 aliphatic rings. The zero-order chi connectivity index (χ0) is 22.8. The summed E-state index contributed by atoms with van der Waals surface area (Å²) in [7, 11) is 4.60. The van der Waals surface area contributed by atoms with E-state index in [4.69, 9.17) is 25.8 Å². The molecule has 1 aliphatic heterocycles. The van der Waals surface area contributed by atoms with Crippen molar-refractivity contribution in [2.45, 2.75) is 13.0 Å². The number of hydrogen-bond acceptors (Lipinski definition) is 7. The summed E-state index contributed by atoms with van der Waals surface area (Å²) < 4.78 is 17.7. The van der Waals surface area contributed by atoms with Gasteiger partial charge >= 0.3 is 0 Å². The first-order valence-corrected chi connectivity index (χ1v) is 10.1. The summed E-state index contributed by atoms with van der Waals surface area (Å²) in [6.45, 7) is 1.82. The Morgan fingerprint density at radius 2 is 1.91 bits per heavy atom. The number of halogens is 1. The summed E-state index contributed by atoms with van der Waals surface area (Å²) in [6.07, 6.45) is 1.44. The molecular weight excluding hydrogens is 434 g/mol. The SMILES string of the molecule is COc1cccc(C2C(C(=O)Nc3cc(OC)c(Cl)cc3OC)=C(C)Nc3ncnn32)c1. The number of fused-ring (bicyclic) bond motifs is 1. The highest BCUT2D eigenvalue weighted by Gasteiger charge is 2.34. The fourth-order valence-corrected chi connectivity index (χ4v) is 3.88. The quantitative estimate of drug-likeness (QED) is 0.581. The van der Waals surface area contributed by atoms with Crippen LogP contribution < -0.4 is 24.8 Å². The molecule has 9 nitrogen and oxygen atoms in total. The lowest BCUT2D eigenvalue weighted by Gasteiger charge is -2.29. The number of carbonyl (C=O) groups excluding carboxylic acids is 1. The van der Waals surface area contributed by atoms with E-state index in [0.29, 0.717) is 45.2 Å². The summed E-state index contributed by atoms with van der Waals surface area (Å²) in [5.74, 6) is 1.69. The van der Waals surface area contributed by atoms with E-state index in [0.717, 1.165) is 5.56 Å². The van der Waals surface area contributed by atoms with Crippen LogP contribution in [0.25, 0.3) is 0 Å². The Balaban J connectivity index is 1.77. The summed E-state index contributed by atoms with van der Waals surface area (Å²) in [5, 5.41) is 10.8. The van der Waals surface area contributed by atoms with E-state index < -0.39 is 6.04 Å². The molecule has 166 valence electrons. The second kappa shape index (κ2) is 8.80. The molecule has 0 saturated carbocycles. The normalized spacial score (nSPS) is 15.0. The molecule has 2 N–H and O–H groups in total. The molecule has 1 unspecified atom stereocenters. The zero-order valence-electron chi connectivity index (χ0n) is 18.0. The van der Waals surface area contributed by atoms with E-state index in [-0.39, 0.29) is 5.91 Å². The van der Waals surface area contributed by atoms with Crippen LogP contribution in [0.3, 0.4) is 0 Å². The number of allylic oxidation sites excluding steroid dienone is 1. The number of amides is 1. The summed E-state index contributed by atoms with van der Waals surface area (Å²) in [4.78, 5) is 17.8. The number of nitrogens with zero attached hydrogens (tertiary/aromatic N) is 3. The largest absolute Gasteiger partial charge is 0.497 e. The van der Waals surface area contributed by atoms with Crippen molar-refractivity contribution in [3.8, 4) is 17.2 Å². The van der Waals surface area contributed by atoms with E-state index in [1.54, 1.807) is 23.9 Å². The fraction of sp³-hybridized carbons (Fsp3) is 0.227. The van der Waals surface area contributed by atoms with Gasteiger partial charge < -0.3 is 24.8 Å². The molecule has 0 saturated heterocycles. The van der Waals surface area contributed by atoms with Crippen LogP contribution in [0.15, 0.2) is 54.0 Å². The topological polar surface area (TPSA) is 99.5 Å². The van der Waals surface area contributed by atoms with Crippen molar-refractivity contribution < 1.29 is 19.0 Å². The monoisotopic (exact) mass is 455 g/mol. The molecule has 1 aromatic heterocycles. The van der Waals surface area contributed by atoms with E-state index in [1.807, 2.05) is 31.2 Å². The van der Waals surface area contributed by atoms with E-state index in [1.165, 1.54) is 20.5 Å². The Morgan fingerprint density at radius 3 is 2.62 bits per heavy atom. The van der Waals surface area contributed by atoms with Gasteiger partial charge in [-0.25, -0.2) is 4.68 Å². The van der Waals surface area contributed by atoms with Gasteiger partial charge in [0.25, 0.3) is 5.91 Å². The molecule has 2 heterocycles. The first-order chi connectivity index (χ1) is 15.5. The van der Waals surface area contributed by atoms with Gasteiger partial charge in [0, 0.05) is 17.8 Å². The lowest BCUT2D eigenvalue weighted by Crippen LogP contribution is -2.31. The predicted octanol–water partition coefficient (Wildman–Crippen LogP) is 3.88. The minimum absolute atomic E-state index is 0.341. The first-order valence-electron chi connectivity index (χ1n) is 9.71. The molecule has 0 aliphatic carbocycles. The Kier molecular flexibility index (Phi) is 5.91. The third kappa shape index (κ3) is 3.82. The van der Waals surface area contributed by atoms with Crippen LogP contribution in [0.2, 0.25) is 5.02 Å². The van der Waals surface area contributed by atoms with Crippen molar-refractivity contribution in [1.82, 2.24) is 14.8 Å². The Hall–Kier alpha value is -3.72. The molecule has 32 heavy (non-hydrogen) atoms. The number of ether oxygens (including phenoxy) is 3. The summed E-state index contributed by atoms with van der Waals surface area (Å²) in [6, 6.07) is 10.2. The van der Waals surface area contributed by atoms with Gasteiger partial charge in [0.1, 0.15) is 29.6 Å². The smallest absolute Gasteiger partial charge is 0.255 e. The third-order valence-electron chi connectivity index (χ3n) is 5.17. The average Bonchev–Trinajstić information content (AvgIpc) is 3.26. The van der Waals surface area contributed by atoms with Crippen LogP contribution in [-0.2, 0) is 4.79 Å². The number of benzene rings is 2. The maximum Gasteiger partial charge on any atom is 0.255 e. The van der Waals surface area contributed by atoms with Gasteiger partial charge in [-0.15, -0.1) is 0 Å². The maximum absolute atomic E-state index is 13.6. The second-order valence-corrected chi connectivity index (χ2v) is 7.42. The molecule has 0 bridgehead atoms. The van der Waals surface area contributed by atoms with Crippen LogP contribution in [0.1, 0.15) is 18.5 Å². The number of aromatic nitrogens is 3. The van der Waals surface area contributed by atoms with Crippen molar-refractivity contribution in [1.29, 1.82) is 0 Å². The molecule has 10 heteroatoms. The lowest BCUT2D eigenvalue weighted by atomic mass is 9.94. The molecular formula is C22H22ClN5O4. The van der Waals surface area contributed by atoms with Gasteiger partial charge in [-0.1, -0.05) is 23.7 Å². The van der Waals surface area contributed by atoms with E-state index >= 15 is 0 Å². The van der Waals surface area contributed by atoms with Crippen LogP contribution in [0.5, 0.6) is 17.2 Å². The molecule has 3 aromatic rings. The highest BCUT2D eigenvalue weighted by Crippen LogP contribution is 2.39. The Morgan fingerprint density at radius 1 is 1.12 bits per heavy atom. The lowest BCUT2D eigenvalue weighted by molar-refractivity contribution is -0.113. The number of rotatable bonds is 6.